The van der Waals surface area contributed by atoms with Crippen molar-refractivity contribution in [2.24, 2.45) is 0 Å². The van der Waals surface area contributed by atoms with Gasteiger partial charge in [-0.1, -0.05) is 42.3 Å². The standard InChI is InChI=1S/C18H19Cl2NO2/c1-3-17(23-15-8-9-16(20)12(2)10-15)18(22)21-11-13-4-6-14(19)7-5-13/h4-10,17H,3,11H2,1-2H3,(H,21,22). The van der Waals surface area contributed by atoms with E-state index in [2.05, 4.69) is 5.32 Å². The quantitative estimate of drug-likeness (QED) is 0.813. The molecule has 122 valence electrons. The maximum atomic E-state index is 12.3. The largest absolute Gasteiger partial charge is 0.481 e. The Labute approximate surface area is 146 Å². The summed E-state index contributed by atoms with van der Waals surface area (Å²) in [5.41, 5.74) is 1.90. The summed E-state index contributed by atoms with van der Waals surface area (Å²) < 4.78 is 5.78. The Hall–Kier alpha value is -1.71. The van der Waals surface area contributed by atoms with Crippen LogP contribution in [0.2, 0.25) is 10.0 Å². The van der Waals surface area contributed by atoms with Gasteiger partial charge >= 0.3 is 0 Å². The SMILES string of the molecule is CCC(Oc1ccc(Cl)c(C)c1)C(=O)NCc1ccc(Cl)cc1. The summed E-state index contributed by atoms with van der Waals surface area (Å²) in [6.45, 7) is 4.25. The van der Waals surface area contributed by atoms with E-state index in [1.807, 2.05) is 32.0 Å². The molecule has 0 aromatic heterocycles. The first-order valence-corrected chi connectivity index (χ1v) is 8.20. The Morgan fingerprint density at radius 2 is 1.87 bits per heavy atom. The first-order chi connectivity index (χ1) is 11.0. The van der Waals surface area contributed by atoms with E-state index in [1.165, 1.54) is 0 Å². The molecule has 2 aromatic carbocycles. The van der Waals surface area contributed by atoms with E-state index in [4.69, 9.17) is 27.9 Å². The van der Waals surface area contributed by atoms with Gasteiger partial charge in [0.15, 0.2) is 6.10 Å². The smallest absolute Gasteiger partial charge is 0.261 e. The van der Waals surface area contributed by atoms with Crippen molar-refractivity contribution in [3.05, 3.63) is 63.6 Å². The van der Waals surface area contributed by atoms with Crippen molar-refractivity contribution in [2.45, 2.75) is 32.9 Å². The number of rotatable bonds is 6. The van der Waals surface area contributed by atoms with Crippen molar-refractivity contribution in [3.8, 4) is 5.75 Å². The Kier molecular flexibility index (Phi) is 6.31. The van der Waals surface area contributed by atoms with E-state index >= 15 is 0 Å². The maximum Gasteiger partial charge on any atom is 0.261 e. The predicted octanol–water partition coefficient (Wildman–Crippen LogP) is 4.78. The van der Waals surface area contributed by atoms with Gasteiger partial charge in [0.25, 0.3) is 5.91 Å². The Morgan fingerprint density at radius 1 is 1.17 bits per heavy atom. The highest BCUT2D eigenvalue weighted by molar-refractivity contribution is 6.31. The summed E-state index contributed by atoms with van der Waals surface area (Å²) in [4.78, 5) is 12.3. The molecule has 0 bridgehead atoms. The number of aryl methyl sites for hydroxylation is 1. The average Bonchev–Trinajstić information content (AvgIpc) is 2.55. The fourth-order valence-electron chi connectivity index (χ4n) is 2.08. The van der Waals surface area contributed by atoms with Gasteiger partial charge < -0.3 is 10.1 Å². The third-order valence-electron chi connectivity index (χ3n) is 3.45. The third-order valence-corrected chi connectivity index (χ3v) is 4.13. The molecule has 0 aliphatic rings. The average molecular weight is 352 g/mol. The van der Waals surface area contributed by atoms with Crippen LogP contribution in [-0.4, -0.2) is 12.0 Å². The zero-order valence-electron chi connectivity index (χ0n) is 13.1. The predicted molar refractivity (Wildman–Crippen MR) is 94.2 cm³/mol. The molecule has 0 spiro atoms. The first kappa shape index (κ1) is 17.6. The van der Waals surface area contributed by atoms with Crippen molar-refractivity contribution in [2.75, 3.05) is 0 Å². The molecule has 2 rings (SSSR count). The monoisotopic (exact) mass is 351 g/mol. The Balaban J connectivity index is 1.95. The van der Waals surface area contributed by atoms with Gasteiger partial charge in [0.05, 0.1) is 0 Å². The number of hydrogen-bond donors (Lipinski definition) is 1. The van der Waals surface area contributed by atoms with Crippen molar-refractivity contribution in [3.63, 3.8) is 0 Å². The van der Waals surface area contributed by atoms with Crippen LogP contribution in [0.15, 0.2) is 42.5 Å². The fourth-order valence-corrected chi connectivity index (χ4v) is 2.33. The van der Waals surface area contributed by atoms with Gasteiger partial charge in [-0.3, -0.25) is 4.79 Å². The molecular weight excluding hydrogens is 333 g/mol. The molecule has 0 aliphatic heterocycles. The summed E-state index contributed by atoms with van der Waals surface area (Å²) >= 11 is 11.8. The molecule has 1 amide bonds. The lowest BCUT2D eigenvalue weighted by molar-refractivity contribution is -0.128. The number of hydrogen-bond acceptors (Lipinski definition) is 2. The second kappa shape index (κ2) is 8.23. The number of carbonyl (C=O) groups excluding carboxylic acids is 1. The maximum absolute atomic E-state index is 12.3. The van der Waals surface area contributed by atoms with Crippen LogP contribution in [0.1, 0.15) is 24.5 Å². The van der Waals surface area contributed by atoms with Gasteiger partial charge in [-0.2, -0.15) is 0 Å². The number of halogens is 2. The van der Waals surface area contributed by atoms with Crippen LogP contribution in [0.5, 0.6) is 5.75 Å². The number of amides is 1. The fraction of sp³-hybridized carbons (Fsp3) is 0.278. The van der Waals surface area contributed by atoms with Crippen molar-refractivity contribution in [1.82, 2.24) is 5.32 Å². The lowest BCUT2D eigenvalue weighted by Crippen LogP contribution is -2.37. The number of nitrogens with one attached hydrogen (secondary N) is 1. The molecule has 2 aromatic rings. The molecule has 1 N–H and O–H groups in total. The van der Waals surface area contributed by atoms with Gasteiger partial charge in [-0.15, -0.1) is 0 Å². The summed E-state index contributed by atoms with van der Waals surface area (Å²) in [6, 6.07) is 12.7. The van der Waals surface area contributed by atoms with Crippen LogP contribution in [0.3, 0.4) is 0 Å². The van der Waals surface area contributed by atoms with Crippen LogP contribution < -0.4 is 10.1 Å². The summed E-state index contributed by atoms with van der Waals surface area (Å²) in [5, 5.41) is 4.23. The topological polar surface area (TPSA) is 38.3 Å². The highest BCUT2D eigenvalue weighted by Crippen LogP contribution is 2.22. The van der Waals surface area contributed by atoms with E-state index in [9.17, 15) is 4.79 Å². The second-order valence-corrected chi connectivity index (χ2v) is 6.11. The Morgan fingerprint density at radius 3 is 2.48 bits per heavy atom. The molecule has 0 heterocycles. The van der Waals surface area contributed by atoms with Gasteiger partial charge in [0.2, 0.25) is 0 Å². The molecule has 0 saturated carbocycles. The minimum absolute atomic E-state index is 0.143. The highest BCUT2D eigenvalue weighted by atomic mass is 35.5. The van der Waals surface area contributed by atoms with E-state index < -0.39 is 6.10 Å². The van der Waals surface area contributed by atoms with Crippen LogP contribution >= 0.6 is 23.2 Å². The highest BCUT2D eigenvalue weighted by Gasteiger charge is 2.18. The second-order valence-electron chi connectivity index (χ2n) is 5.27. The van der Waals surface area contributed by atoms with Gasteiger partial charge in [-0.05, 0) is 54.8 Å². The normalized spacial score (nSPS) is 11.8. The van der Waals surface area contributed by atoms with Crippen LogP contribution in [-0.2, 0) is 11.3 Å². The van der Waals surface area contributed by atoms with Crippen molar-refractivity contribution in [1.29, 1.82) is 0 Å². The lowest BCUT2D eigenvalue weighted by atomic mass is 10.2. The molecule has 1 atom stereocenters. The molecule has 0 saturated heterocycles. The number of benzene rings is 2. The minimum Gasteiger partial charge on any atom is -0.481 e. The molecule has 5 heteroatoms. The first-order valence-electron chi connectivity index (χ1n) is 7.44. The number of ether oxygens (including phenoxy) is 1. The zero-order valence-corrected chi connectivity index (χ0v) is 14.6. The zero-order chi connectivity index (χ0) is 16.8. The molecule has 3 nitrogen and oxygen atoms in total. The molecule has 0 radical (unpaired) electrons. The van der Waals surface area contributed by atoms with E-state index in [-0.39, 0.29) is 5.91 Å². The molecule has 0 fully saturated rings. The molecule has 23 heavy (non-hydrogen) atoms. The minimum atomic E-state index is -0.539. The molecule has 1 unspecified atom stereocenters. The van der Waals surface area contributed by atoms with E-state index in [0.717, 1.165) is 11.1 Å². The molecular formula is C18H19Cl2NO2. The Bertz CT molecular complexity index is 671. The van der Waals surface area contributed by atoms with Crippen molar-refractivity contribution < 1.29 is 9.53 Å². The van der Waals surface area contributed by atoms with Crippen molar-refractivity contribution >= 4 is 29.1 Å². The van der Waals surface area contributed by atoms with Gasteiger partial charge in [0, 0.05) is 16.6 Å². The lowest BCUT2D eigenvalue weighted by Gasteiger charge is -2.18. The van der Waals surface area contributed by atoms with Crippen LogP contribution in [0.4, 0.5) is 0 Å². The molecule has 0 aliphatic carbocycles. The summed E-state index contributed by atoms with van der Waals surface area (Å²) in [7, 11) is 0. The van der Waals surface area contributed by atoms with E-state index in [1.54, 1.807) is 24.3 Å². The number of carbonyl (C=O) groups is 1. The van der Waals surface area contributed by atoms with Crippen LogP contribution in [0.25, 0.3) is 0 Å². The van der Waals surface area contributed by atoms with Crippen LogP contribution in [0, 0.1) is 6.92 Å². The summed E-state index contributed by atoms with van der Waals surface area (Å²) in [5.74, 6) is 0.496. The van der Waals surface area contributed by atoms with Gasteiger partial charge in [0.1, 0.15) is 5.75 Å². The van der Waals surface area contributed by atoms with Gasteiger partial charge in [-0.25, -0.2) is 0 Å². The third kappa shape index (κ3) is 5.15. The summed E-state index contributed by atoms with van der Waals surface area (Å²) in [6.07, 6.45) is 0.0385. The van der Waals surface area contributed by atoms with E-state index in [0.29, 0.717) is 28.8 Å².